The molecule has 7 nitrogen and oxygen atoms in total. The van der Waals surface area contributed by atoms with Crippen LogP contribution in [-0.4, -0.2) is 27.6 Å². The van der Waals surface area contributed by atoms with Crippen molar-refractivity contribution in [3.63, 3.8) is 0 Å². The predicted molar refractivity (Wildman–Crippen MR) is 108 cm³/mol. The molecule has 0 unspecified atom stereocenters. The Kier molecular flexibility index (Phi) is 5.07. The van der Waals surface area contributed by atoms with Gasteiger partial charge in [0.1, 0.15) is 17.4 Å². The topological polar surface area (TPSA) is 80.5 Å². The third kappa shape index (κ3) is 4.16. The number of imidazole rings is 1. The van der Waals surface area contributed by atoms with Gasteiger partial charge in [-0.25, -0.2) is 9.37 Å². The molecule has 146 valence electrons. The first kappa shape index (κ1) is 18.4. The molecule has 0 atom stereocenters. The van der Waals surface area contributed by atoms with Gasteiger partial charge in [-0.05, 0) is 54.1 Å². The molecule has 2 aromatic carbocycles. The summed E-state index contributed by atoms with van der Waals surface area (Å²) in [4.78, 5) is 16.8. The number of amides is 1. The van der Waals surface area contributed by atoms with Crippen LogP contribution in [0.4, 0.5) is 16.0 Å². The lowest BCUT2D eigenvalue weighted by Crippen LogP contribution is -2.14. The van der Waals surface area contributed by atoms with Gasteiger partial charge in [0, 0.05) is 12.1 Å². The number of rotatable bonds is 6. The van der Waals surface area contributed by atoms with E-state index in [1.54, 1.807) is 66.4 Å². The quantitative estimate of drug-likeness (QED) is 0.523. The van der Waals surface area contributed by atoms with Crippen molar-refractivity contribution in [2.24, 2.45) is 0 Å². The SMILES string of the molecule is COc1ccc(C(=O)Nc2cnc3ccc(NCc4ccc(F)cc4)nn23)cc1. The zero-order valence-corrected chi connectivity index (χ0v) is 15.6. The van der Waals surface area contributed by atoms with Crippen LogP contribution in [0.15, 0.2) is 66.9 Å². The average molecular weight is 391 g/mol. The van der Waals surface area contributed by atoms with Gasteiger partial charge in [0.25, 0.3) is 5.91 Å². The number of hydrogen-bond acceptors (Lipinski definition) is 5. The molecule has 4 aromatic rings. The van der Waals surface area contributed by atoms with Crippen molar-refractivity contribution in [1.29, 1.82) is 0 Å². The summed E-state index contributed by atoms with van der Waals surface area (Å²) in [5.41, 5.74) is 2.01. The van der Waals surface area contributed by atoms with Crippen LogP contribution in [-0.2, 0) is 6.54 Å². The number of hydrogen-bond donors (Lipinski definition) is 2. The Hall–Kier alpha value is -3.94. The summed E-state index contributed by atoms with van der Waals surface area (Å²) < 4.78 is 19.7. The summed E-state index contributed by atoms with van der Waals surface area (Å²) in [6.07, 6.45) is 1.55. The van der Waals surface area contributed by atoms with Gasteiger partial charge in [-0.3, -0.25) is 4.79 Å². The summed E-state index contributed by atoms with van der Waals surface area (Å²) in [6, 6.07) is 16.6. The summed E-state index contributed by atoms with van der Waals surface area (Å²) in [7, 11) is 1.57. The van der Waals surface area contributed by atoms with Crippen LogP contribution in [0.1, 0.15) is 15.9 Å². The van der Waals surface area contributed by atoms with Crippen LogP contribution in [0.2, 0.25) is 0 Å². The van der Waals surface area contributed by atoms with Gasteiger partial charge < -0.3 is 15.4 Å². The Bertz CT molecular complexity index is 1140. The van der Waals surface area contributed by atoms with E-state index in [0.717, 1.165) is 5.56 Å². The molecule has 0 aliphatic rings. The minimum absolute atomic E-state index is 0.274. The van der Waals surface area contributed by atoms with Crippen LogP contribution < -0.4 is 15.4 Å². The lowest BCUT2D eigenvalue weighted by molar-refractivity contribution is 0.102. The minimum atomic E-state index is -0.277. The Labute approximate surface area is 166 Å². The largest absolute Gasteiger partial charge is 0.497 e. The van der Waals surface area contributed by atoms with E-state index in [2.05, 4.69) is 20.7 Å². The highest BCUT2D eigenvalue weighted by Gasteiger charge is 2.11. The molecular formula is C21H18FN5O2. The third-order valence-corrected chi connectivity index (χ3v) is 4.34. The molecule has 0 fully saturated rings. The molecule has 0 spiro atoms. The molecule has 0 bridgehead atoms. The van der Waals surface area contributed by atoms with Crippen LogP contribution in [0, 0.1) is 5.82 Å². The van der Waals surface area contributed by atoms with Crippen molar-refractivity contribution in [2.75, 3.05) is 17.7 Å². The zero-order chi connectivity index (χ0) is 20.2. The normalized spacial score (nSPS) is 10.7. The van der Waals surface area contributed by atoms with Crippen LogP contribution >= 0.6 is 0 Å². The number of ether oxygens (including phenoxy) is 1. The van der Waals surface area contributed by atoms with Gasteiger partial charge in [-0.1, -0.05) is 12.1 Å². The Morgan fingerprint density at radius 1 is 1.07 bits per heavy atom. The molecular weight excluding hydrogens is 373 g/mol. The lowest BCUT2D eigenvalue weighted by Gasteiger charge is -2.08. The predicted octanol–water partition coefficient (Wildman–Crippen LogP) is 3.74. The second-order valence-electron chi connectivity index (χ2n) is 6.29. The molecule has 0 aliphatic carbocycles. The molecule has 0 saturated heterocycles. The number of aromatic nitrogens is 3. The standard InChI is InChI=1S/C21H18FN5O2/c1-29-17-8-4-15(5-9-17)21(28)25-20-13-24-19-11-10-18(26-27(19)20)23-12-14-2-6-16(22)7-3-14/h2-11,13H,12H2,1H3,(H,23,26)(H,25,28). The molecule has 8 heteroatoms. The fourth-order valence-corrected chi connectivity index (χ4v) is 2.78. The van der Waals surface area contributed by atoms with E-state index in [-0.39, 0.29) is 11.7 Å². The highest BCUT2D eigenvalue weighted by Crippen LogP contribution is 2.16. The van der Waals surface area contributed by atoms with E-state index in [9.17, 15) is 9.18 Å². The zero-order valence-electron chi connectivity index (χ0n) is 15.6. The minimum Gasteiger partial charge on any atom is -0.497 e. The summed E-state index contributed by atoms with van der Waals surface area (Å²) in [5.74, 6) is 1.17. The van der Waals surface area contributed by atoms with E-state index in [4.69, 9.17) is 4.74 Å². The lowest BCUT2D eigenvalue weighted by atomic mass is 10.2. The molecule has 29 heavy (non-hydrogen) atoms. The average Bonchev–Trinajstić information content (AvgIpc) is 3.15. The van der Waals surface area contributed by atoms with Crippen molar-refractivity contribution >= 4 is 23.2 Å². The number of anilines is 2. The van der Waals surface area contributed by atoms with E-state index in [1.807, 2.05) is 0 Å². The number of fused-ring (bicyclic) bond motifs is 1. The van der Waals surface area contributed by atoms with E-state index in [1.165, 1.54) is 12.1 Å². The van der Waals surface area contributed by atoms with Crippen molar-refractivity contribution in [3.8, 4) is 5.75 Å². The number of carbonyl (C=O) groups is 1. The van der Waals surface area contributed by atoms with Gasteiger partial charge in [-0.15, -0.1) is 5.10 Å². The second-order valence-corrected chi connectivity index (χ2v) is 6.29. The molecule has 0 radical (unpaired) electrons. The smallest absolute Gasteiger partial charge is 0.256 e. The van der Waals surface area contributed by atoms with Crippen molar-refractivity contribution in [1.82, 2.24) is 14.6 Å². The van der Waals surface area contributed by atoms with E-state index in [0.29, 0.717) is 35.1 Å². The monoisotopic (exact) mass is 391 g/mol. The van der Waals surface area contributed by atoms with Gasteiger partial charge in [0.15, 0.2) is 11.5 Å². The fraction of sp³-hybridized carbons (Fsp3) is 0.0952. The second kappa shape index (κ2) is 7.97. The van der Waals surface area contributed by atoms with E-state index < -0.39 is 0 Å². The van der Waals surface area contributed by atoms with E-state index >= 15 is 0 Å². The van der Waals surface area contributed by atoms with Crippen LogP contribution in [0.25, 0.3) is 5.65 Å². The number of carbonyl (C=O) groups excluding carboxylic acids is 1. The first-order valence-electron chi connectivity index (χ1n) is 8.91. The molecule has 4 rings (SSSR count). The fourth-order valence-electron chi connectivity index (χ4n) is 2.78. The Morgan fingerprint density at radius 2 is 1.83 bits per heavy atom. The van der Waals surface area contributed by atoms with Crippen LogP contribution in [0.5, 0.6) is 5.75 Å². The Morgan fingerprint density at radius 3 is 2.55 bits per heavy atom. The maximum atomic E-state index is 13.0. The molecule has 0 aliphatic heterocycles. The maximum absolute atomic E-state index is 13.0. The first-order chi connectivity index (χ1) is 14.1. The molecule has 0 saturated carbocycles. The first-order valence-corrected chi connectivity index (χ1v) is 8.91. The van der Waals surface area contributed by atoms with Crippen molar-refractivity contribution < 1.29 is 13.9 Å². The number of benzene rings is 2. The summed E-state index contributed by atoms with van der Waals surface area (Å²) in [5, 5.41) is 10.5. The molecule has 2 N–H and O–H groups in total. The summed E-state index contributed by atoms with van der Waals surface area (Å²) in [6.45, 7) is 0.487. The Balaban J connectivity index is 1.50. The maximum Gasteiger partial charge on any atom is 0.256 e. The number of methoxy groups -OCH3 is 1. The van der Waals surface area contributed by atoms with Gasteiger partial charge in [0.2, 0.25) is 0 Å². The van der Waals surface area contributed by atoms with Crippen molar-refractivity contribution in [3.05, 3.63) is 83.8 Å². The van der Waals surface area contributed by atoms with Crippen LogP contribution in [0.3, 0.4) is 0 Å². The number of nitrogens with zero attached hydrogens (tertiary/aromatic N) is 3. The third-order valence-electron chi connectivity index (χ3n) is 4.34. The number of nitrogens with one attached hydrogen (secondary N) is 2. The molecule has 2 heterocycles. The highest BCUT2D eigenvalue weighted by atomic mass is 19.1. The van der Waals surface area contributed by atoms with Gasteiger partial charge in [0.05, 0.1) is 13.3 Å². The van der Waals surface area contributed by atoms with Gasteiger partial charge >= 0.3 is 0 Å². The summed E-state index contributed by atoms with van der Waals surface area (Å²) >= 11 is 0. The number of halogens is 1. The van der Waals surface area contributed by atoms with Gasteiger partial charge in [-0.2, -0.15) is 4.52 Å². The molecule has 2 aromatic heterocycles. The highest BCUT2D eigenvalue weighted by molar-refractivity contribution is 6.04. The van der Waals surface area contributed by atoms with Crippen molar-refractivity contribution in [2.45, 2.75) is 6.54 Å². The molecule has 1 amide bonds.